The average Bonchev–Trinajstić information content (AvgIpc) is 2.75. The second-order valence-electron chi connectivity index (χ2n) is 4.48. The summed E-state index contributed by atoms with van der Waals surface area (Å²) >= 11 is 0. The quantitative estimate of drug-likeness (QED) is 0.683. The minimum absolute atomic E-state index is 0.168. The van der Waals surface area contributed by atoms with Crippen molar-refractivity contribution in [3.05, 3.63) is 11.7 Å². The third-order valence-electron chi connectivity index (χ3n) is 2.58. The first-order valence-corrected chi connectivity index (χ1v) is 6.14. The predicted molar refractivity (Wildman–Crippen MR) is 65.8 cm³/mol. The number of nitrogens with zero attached hydrogens (tertiary/aromatic N) is 3. The van der Waals surface area contributed by atoms with Crippen LogP contribution in [0, 0.1) is 5.92 Å². The Balaban J connectivity index is 2.43. The highest BCUT2D eigenvalue weighted by atomic mass is 16.5. The standard InChI is InChI=1S/C12H21N3O3/c1-5-6-10-13-11(18-14-10)8-15(3)7-9(2)12(16)17-4/h9H,5-8H2,1-4H3. The lowest BCUT2D eigenvalue weighted by atomic mass is 10.2. The van der Waals surface area contributed by atoms with Crippen LogP contribution in [0.5, 0.6) is 0 Å². The van der Waals surface area contributed by atoms with Gasteiger partial charge in [-0.15, -0.1) is 0 Å². The van der Waals surface area contributed by atoms with Gasteiger partial charge in [0.1, 0.15) is 0 Å². The van der Waals surface area contributed by atoms with E-state index < -0.39 is 0 Å². The first-order valence-electron chi connectivity index (χ1n) is 6.14. The molecule has 6 heteroatoms. The molecule has 0 aliphatic carbocycles. The summed E-state index contributed by atoms with van der Waals surface area (Å²) in [4.78, 5) is 17.5. The minimum atomic E-state index is -0.209. The maximum Gasteiger partial charge on any atom is 0.309 e. The van der Waals surface area contributed by atoms with E-state index in [-0.39, 0.29) is 11.9 Å². The Morgan fingerprint density at radius 1 is 1.56 bits per heavy atom. The number of aromatic nitrogens is 2. The smallest absolute Gasteiger partial charge is 0.309 e. The molecule has 0 radical (unpaired) electrons. The van der Waals surface area contributed by atoms with Crippen LogP contribution in [0.25, 0.3) is 0 Å². The maximum atomic E-state index is 11.3. The molecule has 1 unspecified atom stereocenters. The summed E-state index contributed by atoms with van der Waals surface area (Å²) < 4.78 is 9.82. The lowest BCUT2D eigenvalue weighted by Gasteiger charge is -2.17. The lowest BCUT2D eigenvalue weighted by molar-refractivity contribution is -0.145. The molecule has 0 amide bonds. The van der Waals surface area contributed by atoms with Gasteiger partial charge in [-0.05, 0) is 13.5 Å². The number of esters is 1. The van der Waals surface area contributed by atoms with Crippen molar-refractivity contribution in [2.75, 3.05) is 20.7 Å². The molecule has 0 saturated carbocycles. The summed E-state index contributed by atoms with van der Waals surface area (Å²) in [5.74, 6) is 0.942. The SMILES string of the molecule is CCCc1noc(CN(C)CC(C)C(=O)OC)n1. The molecule has 6 nitrogen and oxygen atoms in total. The third-order valence-corrected chi connectivity index (χ3v) is 2.58. The van der Waals surface area contributed by atoms with Crippen LogP contribution < -0.4 is 0 Å². The molecule has 0 N–H and O–H groups in total. The van der Waals surface area contributed by atoms with Crippen molar-refractivity contribution in [3.8, 4) is 0 Å². The van der Waals surface area contributed by atoms with Crippen molar-refractivity contribution in [2.45, 2.75) is 33.2 Å². The lowest BCUT2D eigenvalue weighted by Crippen LogP contribution is -2.29. The van der Waals surface area contributed by atoms with E-state index in [1.165, 1.54) is 7.11 Å². The van der Waals surface area contributed by atoms with Gasteiger partial charge in [0.05, 0.1) is 19.6 Å². The predicted octanol–water partition coefficient (Wildman–Crippen LogP) is 1.26. The molecule has 0 aliphatic rings. The van der Waals surface area contributed by atoms with Crippen molar-refractivity contribution >= 4 is 5.97 Å². The van der Waals surface area contributed by atoms with E-state index >= 15 is 0 Å². The fourth-order valence-electron chi connectivity index (χ4n) is 1.72. The molecule has 18 heavy (non-hydrogen) atoms. The molecule has 0 aromatic carbocycles. The van der Waals surface area contributed by atoms with Gasteiger partial charge in [-0.2, -0.15) is 4.98 Å². The van der Waals surface area contributed by atoms with Crippen molar-refractivity contribution in [3.63, 3.8) is 0 Å². The number of ether oxygens (including phenoxy) is 1. The summed E-state index contributed by atoms with van der Waals surface area (Å²) in [5, 5.41) is 3.89. The van der Waals surface area contributed by atoms with Crippen LogP contribution in [0.1, 0.15) is 32.0 Å². The number of hydrogen-bond donors (Lipinski definition) is 0. The van der Waals surface area contributed by atoms with Crippen molar-refractivity contribution in [1.82, 2.24) is 15.0 Å². The van der Waals surface area contributed by atoms with Crippen LogP contribution in [0.4, 0.5) is 0 Å². The summed E-state index contributed by atoms with van der Waals surface area (Å²) in [6.07, 6.45) is 1.82. The van der Waals surface area contributed by atoms with E-state index in [4.69, 9.17) is 4.52 Å². The average molecular weight is 255 g/mol. The van der Waals surface area contributed by atoms with Gasteiger partial charge in [-0.3, -0.25) is 9.69 Å². The zero-order valence-electron chi connectivity index (χ0n) is 11.5. The Morgan fingerprint density at radius 2 is 2.28 bits per heavy atom. The molecule has 0 bridgehead atoms. The molecule has 0 aliphatic heterocycles. The highest BCUT2D eigenvalue weighted by molar-refractivity contribution is 5.71. The van der Waals surface area contributed by atoms with Gasteiger partial charge in [0.15, 0.2) is 5.82 Å². The normalized spacial score (nSPS) is 12.7. The Labute approximate surface area is 107 Å². The zero-order valence-corrected chi connectivity index (χ0v) is 11.5. The number of hydrogen-bond acceptors (Lipinski definition) is 6. The largest absolute Gasteiger partial charge is 0.469 e. The summed E-state index contributed by atoms with van der Waals surface area (Å²) in [6, 6.07) is 0. The van der Waals surface area contributed by atoms with Crippen LogP contribution in [-0.4, -0.2) is 41.7 Å². The molecule has 1 atom stereocenters. The summed E-state index contributed by atoms with van der Waals surface area (Å²) in [5.41, 5.74) is 0. The summed E-state index contributed by atoms with van der Waals surface area (Å²) in [6.45, 7) is 5.04. The first kappa shape index (κ1) is 14.6. The molecule has 1 aromatic heterocycles. The Kier molecular flexibility index (Phi) is 5.77. The molecule has 102 valence electrons. The van der Waals surface area contributed by atoms with Gasteiger partial charge in [0.25, 0.3) is 0 Å². The second-order valence-corrected chi connectivity index (χ2v) is 4.48. The van der Waals surface area contributed by atoms with Crippen LogP contribution in [0.15, 0.2) is 4.52 Å². The fourth-order valence-corrected chi connectivity index (χ4v) is 1.72. The van der Waals surface area contributed by atoms with Gasteiger partial charge < -0.3 is 9.26 Å². The van der Waals surface area contributed by atoms with Gasteiger partial charge in [-0.1, -0.05) is 19.0 Å². The molecule has 1 aromatic rings. The molecule has 0 saturated heterocycles. The van der Waals surface area contributed by atoms with Crippen molar-refractivity contribution in [1.29, 1.82) is 0 Å². The molecule has 0 fully saturated rings. The van der Waals surface area contributed by atoms with Crippen LogP contribution in [0.2, 0.25) is 0 Å². The fraction of sp³-hybridized carbons (Fsp3) is 0.750. The molecule has 0 spiro atoms. The highest BCUT2D eigenvalue weighted by Crippen LogP contribution is 2.06. The molecule has 1 heterocycles. The minimum Gasteiger partial charge on any atom is -0.469 e. The maximum absolute atomic E-state index is 11.3. The van der Waals surface area contributed by atoms with E-state index in [1.807, 2.05) is 18.9 Å². The van der Waals surface area contributed by atoms with E-state index in [0.29, 0.717) is 19.0 Å². The number of methoxy groups -OCH3 is 1. The van der Waals surface area contributed by atoms with Crippen LogP contribution >= 0.6 is 0 Å². The zero-order chi connectivity index (χ0) is 13.5. The van der Waals surface area contributed by atoms with Crippen molar-refractivity contribution in [2.24, 2.45) is 5.92 Å². The number of carbonyl (C=O) groups is 1. The number of carbonyl (C=O) groups excluding carboxylic acids is 1. The Morgan fingerprint density at radius 3 is 2.89 bits per heavy atom. The Hall–Kier alpha value is -1.43. The highest BCUT2D eigenvalue weighted by Gasteiger charge is 2.17. The van der Waals surface area contributed by atoms with Crippen LogP contribution in [-0.2, 0) is 22.5 Å². The Bertz CT molecular complexity index is 378. The van der Waals surface area contributed by atoms with E-state index in [9.17, 15) is 4.79 Å². The van der Waals surface area contributed by atoms with Crippen molar-refractivity contribution < 1.29 is 14.1 Å². The number of rotatable bonds is 7. The van der Waals surface area contributed by atoms with Gasteiger partial charge in [0.2, 0.25) is 5.89 Å². The number of aryl methyl sites for hydroxylation is 1. The molecular formula is C12H21N3O3. The van der Waals surface area contributed by atoms with Crippen LogP contribution in [0.3, 0.4) is 0 Å². The van der Waals surface area contributed by atoms with E-state index in [2.05, 4.69) is 21.8 Å². The monoisotopic (exact) mass is 255 g/mol. The summed E-state index contributed by atoms with van der Waals surface area (Å²) in [7, 11) is 3.30. The third kappa shape index (κ3) is 4.44. The molecule has 1 rings (SSSR count). The van der Waals surface area contributed by atoms with E-state index in [1.54, 1.807) is 0 Å². The van der Waals surface area contributed by atoms with Gasteiger partial charge in [-0.25, -0.2) is 0 Å². The van der Waals surface area contributed by atoms with E-state index in [0.717, 1.165) is 18.7 Å². The second kappa shape index (κ2) is 7.10. The van der Waals surface area contributed by atoms with Gasteiger partial charge >= 0.3 is 5.97 Å². The molecular weight excluding hydrogens is 234 g/mol. The topological polar surface area (TPSA) is 68.5 Å². The van der Waals surface area contributed by atoms with Gasteiger partial charge in [0, 0.05) is 13.0 Å². The first-order chi connectivity index (χ1) is 8.56.